The van der Waals surface area contributed by atoms with E-state index < -0.39 is 0 Å². The first-order valence-electron chi connectivity index (χ1n) is 11.2. The summed E-state index contributed by atoms with van der Waals surface area (Å²) in [7, 11) is 3.31. The van der Waals surface area contributed by atoms with E-state index in [-0.39, 0.29) is 18.1 Å². The van der Waals surface area contributed by atoms with Crippen LogP contribution in [0.15, 0.2) is 79.0 Å². The molecule has 0 atom stereocenters. The van der Waals surface area contributed by atoms with E-state index in [4.69, 9.17) is 21.4 Å². The van der Waals surface area contributed by atoms with Gasteiger partial charge in [0.25, 0.3) is 0 Å². The van der Waals surface area contributed by atoms with Crippen molar-refractivity contribution in [1.29, 1.82) is 0 Å². The minimum absolute atomic E-state index is 0.0596. The SMILES string of the molecule is COc1ccc(C(C)=O)cc1CC(=O)N(C)Cc1cn(-c2ccccc2)nc1-c1ccc(Cl)cc1. The Bertz CT molecular complexity index is 1350. The van der Waals surface area contributed by atoms with Crippen LogP contribution in [-0.2, 0) is 17.8 Å². The summed E-state index contributed by atoms with van der Waals surface area (Å²) in [6.45, 7) is 1.86. The Labute approximate surface area is 209 Å². The number of ketones is 1. The van der Waals surface area contributed by atoms with Crippen LogP contribution in [0.1, 0.15) is 28.4 Å². The van der Waals surface area contributed by atoms with Gasteiger partial charge in [0.2, 0.25) is 5.91 Å². The summed E-state index contributed by atoms with van der Waals surface area (Å²) in [6.07, 6.45) is 2.06. The van der Waals surface area contributed by atoms with Crippen LogP contribution >= 0.6 is 11.6 Å². The first kappa shape index (κ1) is 24.2. The summed E-state index contributed by atoms with van der Waals surface area (Å²) < 4.78 is 7.23. The number of hydrogen-bond donors (Lipinski definition) is 0. The number of Topliss-reactive ketones (excluding diaryl/α,β-unsaturated/α-hetero) is 1. The van der Waals surface area contributed by atoms with Crippen LogP contribution < -0.4 is 4.74 Å². The molecule has 1 aromatic heterocycles. The van der Waals surface area contributed by atoms with Gasteiger partial charge in [-0.1, -0.05) is 41.9 Å². The Morgan fingerprint density at radius 1 is 1.00 bits per heavy atom. The summed E-state index contributed by atoms with van der Waals surface area (Å²) in [5.41, 5.74) is 4.74. The summed E-state index contributed by atoms with van der Waals surface area (Å²) in [4.78, 5) is 26.7. The number of hydrogen-bond acceptors (Lipinski definition) is 4. The predicted octanol–water partition coefficient (Wildman–Crippen LogP) is 5.61. The van der Waals surface area contributed by atoms with E-state index in [1.807, 2.05) is 65.5 Å². The van der Waals surface area contributed by atoms with Gasteiger partial charge in [-0.05, 0) is 49.4 Å². The van der Waals surface area contributed by atoms with E-state index in [9.17, 15) is 9.59 Å². The van der Waals surface area contributed by atoms with Crippen molar-refractivity contribution in [1.82, 2.24) is 14.7 Å². The largest absolute Gasteiger partial charge is 0.496 e. The molecule has 1 heterocycles. The lowest BCUT2D eigenvalue weighted by Crippen LogP contribution is -2.28. The first-order valence-corrected chi connectivity index (χ1v) is 11.5. The number of carbonyl (C=O) groups is 2. The molecule has 0 saturated heterocycles. The summed E-state index contributed by atoms with van der Waals surface area (Å²) in [5, 5.41) is 5.46. The van der Waals surface area contributed by atoms with E-state index in [0.29, 0.717) is 28.4 Å². The number of aromatic nitrogens is 2. The number of ether oxygens (including phenoxy) is 1. The van der Waals surface area contributed by atoms with Crippen LogP contribution in [0.3, 0.4) is 0 Å². The Hall–Kier alpha value is -3.90. The number of methoxy groups -OCH3 is 1. The molecule has 0 fully saturated rings. The third-order valence-corrected chi connectivity index (χ3v) is 6.04. The van der Waals surface area contributed by atoms with Gasteiger partial charge < -0.3 is 9.64 Å². The monoisotopic (exact) mass is 487 g/mol. The number of nitrogens with zero attached hydrogens (tertiary/aromatic N) is 3. The molecule has 0 aliphatic heterocycles. The van der Waals surface area contributed by atoms with Crippen molar-refractivity contribution >= 4 is 23.3 Å². The second kappa shape index (κ2) is 10.6. The maximum Gasteiger partial charge on any atom is 0.227 e. The summed E-state index contributed by atoms with van der Waals surface area (Å²) in [6, 6.07) is 22.5. The molecule has 0 radical (unpaired) electrons. The number of amides is 1. The van der Waals surface area contributed by atoms with Crippen molar-refractivity contribution < 1.29 is 14.3 Å². The summed E-state index contributed by atoms with van der Waals surface area (Å²) >= 11 is 6.09. The van der Waals surface area contributed by atoms with E-state index >= 15 is 0 Å². The van der Waals surface area contributed by atoms with Crippen LogP contribution in [0.4, 0.5) is 0 Å². The number of likely N-dealkylation sites (N-methyl/N-ethyl adjacent to an activating group) is 1. The van der Waals surface area contributed by atoms with E-state index in [1.54, 1.807) is 37.3 Å². The van der Waals surface area contributed by atoms with Crippen LogP contribution in [-0.4, -0.2) is 40.5 Å². The lowest BCUT2D eigenvalue weighted by Gasteiger charge is -2.18. The maximum atomic E-state index is 13.2. The number of rotatable bonds is 8. The number of benzene rings is 3. The zero-order chi connectivity index (χ0) is 24.9. The molecule has 4 rings (SSSR count). The lowest BCUT2D eigenvalue weighted by molar-refractivity contribution is -0.129. The van der Waals surface area contributed by atoms with Gasteiger partial charge in [-0.25, -0.2) is 4.68 Å². The lowest BCUT2D eigenvalue weighted by atomic mass is 10.0. The Morgan fingerprint density at radius 3 is 2.37 bits per heavy atom. The van der Waals surface area contributed by atoms with Crippen molar-refractivity contribution in [3.63, 3.8) is 0 Å². The molecular weight excluding hydrogens is 462 g/mol. The Balaban J connectivity index is 1.62. The standard InChI is InChI=1S/C28H26ClN3O3/c1-19(33)21-11-14-26(35-3)22(15-21)16-27(34)31(2)17-23-18-32(25-7-5-4-6-8-25)30-28(23)20-9-12-24(29)13-10-20/h4-15,18H,16-17H2,1-3H3. The minimum Gasteiger partial charge on any atom is -0.496 e. The molecule has 0 bridgehead atoms. The normalized spacial score (nSPS) is 10.7. The molecule has 0 aliphatic carbocycles. The highest BCUT2D eigenvalue weighted by Crippen LogP contribution is 2.27. The van der Waals surface area contributed by atoms with Crippen LogP contribution in [0, 0.1) is 0 Å². The number of halogens is 1. The van der Waals surface area contributed by atoms with Gasteiger partial charge in [-0.15, -0.1) is 0 Å². The molecule has 0 unspecified atom stereocenters. The molecule has 0 spiro atoms. The average Bonchev–Trinajstić information content (AvgIpc) is 3.28. The molecule has 7 heteroatoms. The van der Waals surface area contributed by atoms with Crippen molar-refractivity contribution in [2.75, 3.05) is 14.2 Å². The number of carbonyl (C=O) groups excluding carboxylic acids is 2. The highest BCUT2D eigenvalue weighted by atomic mass is 35.5. The number of para-hydroxylation sites is 1. The molecule has 0 saturated carbocycles. The maximum absolute atomic E-state index is 13.2. The highest BCUT2D eigenvalue weighted by Gasteiger charge is 2.19. The van der Waals surface area contributed by atoms with E-state index in [2.05, 4.69) is 0 Å². The molecule has 6 nitrogen and oxygen atoms in total. The Morgan fingerprint density at radius 2 is 1.71 bits per heavy atom. The third-order valence-electron chi connectivity index (χ3n) is 5.79. The smallest absolute Gasteiger partial charge is 0.227 e. The fourth-order valence-corrected chi connectivity index (χ4v) is 3.99. The van der Waals surface area contributed by atoms with Crippen LogP contribution in [0.5, 0.6) is 5.75 Å². The third kappa shape index (κ3) is 5.61. The topological polar surface area (TPSA) is 64.4 Å². The second-order valence-electron chi connectivity index (χ2n) is 8.30. The molecular formula is C28H26ClN3O3. The van der Waals surface area contributed by atoms with Gasteiger partial charge in [0.1, 0.15) is 5.75 Å². The molecule has 178 valence electrons. The van der Waals surface area contributed by atoms with Gasteiger partial charge >= 0.3 is 0 Å². The predicted molar refractivity (Wildman–Crippen MR) is 137 cm³/mol. The average molecular weight is 488 g/mol. The zero-order valence-electron chi connectivity index (χ0n) is 19.9. The van der Waals surface area contributed by atoms with Gasteiger partial charge in [0.15, 0.2) is 5.78 Å². The Kier molecular flexibility index (Phi) is 7.32. The molecule has 0 N–H and O–H groups in total. The van der Waals surface area contributed by atoms with E-state index in [1.165, 1.54) is 6.92 Å². The van der Waals surface area contributed by atoms with Crippen molar-refractivity contribution in [3.8, 4) is 22.7 Å². The van der Waals surface area contributed by atoms with Crippen LogP contribution in [0.2, 0.25) is 5.02 Å². The van der Waals surface area contributed by atoms with Gasteiger partial charge in [0, 0.05) is 47.1 Å². The summed E-state index contributed by atoms with van der Waals surface area (Å²) in [5.74, 6) is 0.421. The molecule has 35 heavy (non-hydrogen) atoms. The van der Waals surface area contributed by atoms with Gasteiger partial charge in [-0.2, -0.15) is 5.10 Å². The first-order chi connectivity index (χ1) is 16.9. The zero-order valence-corrected chi connectivity index (χ0v) is 20.6. The van der Waals surface area contributed by atoms with Gasteiger partial charge in [0.05, 0.1) is 24.9 Å². The van der Waals surface area contributed by atoms with Crippen molar-refractivity contribution in [3.05, 3.63) is 101 Å². The fourth-order valence-electron chi connectivity index (χ4n) is 3.87. The van der Waals surface area contributed by atoms with Gasteiger partial charge in [-0.3, -0.25) is 9.59 Å². The molecule has 0 aliphatic rings. The quantitative estimate of drug-likeness (QED) is 0.303. The molecule has 3 aromatic carbocycles. The fraction of sp³-hybridized carbons (Fsp3) is 0.179. The second-order valence-corrected chi connectivity index (χ2v) is 8.74. The minimum atomic E-state index is -0.0986. The van der Waals surface area contributed by atoms with Crippen LogP contribution in [0.25, 0.3) is 16.9 Å². The van der Waals surface area contributed by atoms with Crippen molar-refractivity contribution in [2.45, 2.75) is 19.9 Å². The highest BCUT2D eigenvalue weighted by molar-refractivity contribution is 6.30. The van der Waals surface area contributed by atoms with Crippen molar-refractivity contribution in [2.24, 2.45) is 0 Å². The molecule has 4 aromatic rings. The van der Waals surface area contributed by atoms with E-state index in [0.717, 1.165) is 22.5 Å². The molecule has 1 amide bonds.